The molecule has 53 heavy (non-hydrogen) atoms. The fraction of sp³-hybridized carbons (Fsp3) is 0.317. The minimum atomic E-state index is -4.66. The van der Waals surface area contributed by atoms with Crippen LogP contribution in [-0.2, 0) is 34.5 Å². The normalized spacial score (nSPS) is 23.0. The summed E-state index contributed by atoms with van der Waals surface area (Å²) in [6.45, 7) is -12.9. The van der Waals surface area contributed by atoms with Gasteiger partial charge in [0.2, 0.25) is 5.91 Å². The van der Waals surface area contributed by atoms with Crippen molar-refractivity contribution >= 4 is 28.6 Å². The number of aromatic nitrogens is 1. The highest BCUT2D eigenvalue weighted by atomic mass is 32.2. The second-order valence-electron chi connectivity index (χ2n) is 11.6. The topological polar surface area (TPSA) is 54.8 Å². The van der Waals surface area contributed by atoms with Gasteiger partial charge in [0.25, 0.3) is 0 Å². The average Bonchev–Trinajstić information content (AvgIpc) is 3.27. The van der Waals surface area contributed by atoms with E-state index in [1.807, 2.05) is 0 Å². The molecule has 278 valence electrons. The lowest BCUT2D eigenvalue weighted by molar-refractivity contribution is -0.137. The number of carbonyl (C=O) groups is 1. The summed E-state index contributed by atoms with van der Waals surface area (Å²) < 4.78 is 211. The van der Waals surface area contributed by atoms with Crippen LogP contribution in [0, 0.1) is 18.6 Å². The highest BCUT2D eigenvalue weighted by molar-refractivity contribution is 7.98. The molecule has 1 aliphatic rings. The van der Waals surface area contributed by atoms with Gasteiger partial charge in [0.05, 0.1) is 32.3 Å². The highest BCUT2D eigenvalue weighted by Crippen LogP contribution is 2.32. The van der Waals surface area contributed by atoms with Crippen molar-refractivity contribution in [3.8, 4) is 11.1 Å². The van der Waals surface area contributed by atoms with Gasteiger partial charge < -0.3 is 19.1 Å². The van der Waals surface area contributed by atoms with E-state index in [4.69, 9.17) is 15.7 Å². The summed E-state index contributed by atoms with van der Waals surface area (Å²) in [5.74, 6) is -5.59. The monoisotopic (exact) mass is 764 g/mol. The lowest BCUT2D eigenvalue weighted by atomic mass is 10.00. The number of carbonyl (C=O) groups excluding carboxylic acids is 1. The minimum absolute atomic E-state index is 0.112. The van der Waals surface area contributed by atoms with Gasteiger partial charge in [-0.2, -0.15) is 13.2 Å². The van der Waals surface area contributed by atoms with E-state index in [-0.39, 0.29) is 48.4 Å². The molecule has 0 N–H and O–H groups in total. The molecule has 1 saturated heterocycles. The Hall–Kier alpha value is -4.52. The third-order valence-electron chi connectivity index (χ3n) is 7.89. The lowest BCUT2D eigenvalue weighted by Gasteiger charge is -2.39. The number of amides is 1. The van der Waals surface area contributed by atoms with Crippen LogP contribution in [0.15, 0.2) is 101 Å². The van der Waals surface area contributed by atoms with E-state index in [0.717, 1.165) is 49.6 Å². The summed E-state index contributed by atoms with van der Waals surface area (Å²) in [4.78, 5) is 29.5. The van der Waals surface area contributed by atoms with Crippen molar-refractivity contribution in [3.63, 3.8) is 0 Å². The standard InChI is InChI=1S/C41H40F5N3O3S/c1-27-6-15-36-34(22-27)37(50)23-39(53-26-31-4-3-5-35(42)40(31)43)49(36)25-38(51)48(33-16-18-47(19-17-33)20-21-52-2)24-28-7-9-29(10-8-28)30-11-13-32(14-12-30)41(44,45)46/h3-15,22-23,33H,16-21,24-26H2,1-2H3/i6D,15D,16D2,17D2,18D2,19D2,22D,23D,25D2,33D. The molecule has 2 heterocycles. The molecule has 1 aromatic heterocycles. The predicted octanol–water partition coefficient (Wildman–Crippen LogP) is 8.71. The molecule has 0 unspecified atom stereocenters. The summed E-state index contributed by atoms with van der Waals surface area (Å²) in [6.07, 6.45) is -12.8. The van der Waals surface area contributed by atoms with Crippen molar-refractivity contribution < 1.29 is 52.0 Å². The van der Waals surface area contributed by atoms with Crippen LogP contribution in [-0.4, -0.2) is 59.5 Å². The van der Waals surface area contributed by atoms with E-state index in [9.17, 15) is 32.0 Å². The Morgan fingerprint density at radius 2 is 1.72 bits per heavy atom. The first-order valence-electron chi connectivity index (χ1n) is 23.3. The van der Waals surface area contributed by atoms with Gasteiger partial charge in [-0.1, -0.05) is 60.1 Å². The van der Waals surface area contributed by atoms with Crippen LogP contribution in [0.25, 0.3) is 22.0 Å². The first-order chi connectivity index (χ1) is 31.3. The van der Waals surface area contributed by atoms with Crippen LogP contribution in [0.5, 0.6) is 0 Å². The first-order valence-corrected chi connectivity index (χ1v) is 16.8. The number of benzene rings is 4. The number of thioether (sulfide) groups is 1. The third kappa shape index (κ3) is 9.17. The number of halogens is 5. The van der Waals surface area contributed by atoms with Gasteiger partial charge in [-0.25, -0.2) is 8.78 Å². The number of alkyl halides is 3. The largest absolute Gasteiger partial charge is 0.416 e. The van der Waals surface area contributed by atoms with Gasteiger partial charge in [-0.15, -0.1) is 11.8 Å². The number of piperidine rings is 1. The highest BCUT2D eigenvalue weighted by Gasteiger charge is 2.31. The summed E-state index contributed by atoms with van der Waals surface area (Å²) >= 11 is 0.263. The Bertz CT molecular complexity index is 2820. The number of fused-ring (bicyclic) bond motifs is 1. The number of methoxy groups -OCH3 is 1. The second-order valence-corrected chi connectivity index (χ2v) is 12.5. The Morgan fingerprint density at radius 3 is 2.38 bits per heavy atom. The zero-order chi connectivity index (χ0) is 51.1. The van der Waals surface area contributed by atoms with Crippen molar-refractivity contribution in [2.24, 2.45) is 0 Å². The van der Waals surface area contributed by atoms with Gasteiger partial charge >= 0.3 is 6.18 Å². The van der Waals surface area contributed by atoms with E-state index >= 15 is 9.18 Å². The van der Waals surface area contributed by atoms with Gasteiger partial charge in [-0.05, 0) is 66.6 Å². The summed E-state index contributed by atoms with van der Waals surface area (Å²) in [5.41, 5.74) is -3.66. The van der Waals surface area contributed by atoms with Crippen molar-refractivity contribution in [2.75, 3.05) is 33.3 Å². The van der Waals surface area contributed by atoms with Crippen molar-refractivity contribution in [1.29, 1.82) is 0 Å². The summed E-state index contributed by atoms with van der Waals surface area (Å²) in [6, 6.07) is 3.93. The van der Waals surface area contributed by atoms with E-state index in [2.05, 4.69) is 0 Å². The van der Waals surface area contributed by atoms with Gasteiger partial charge in [-0.3, -0.25) is 9.59 Å². The fourth-order valence-corrected chi connectivity index (χ4v) is 6.08. The van der Waals surface area contributed by atoms with Crippen LogP contribution in [0.2, 0.25) is 0 Å². The van der Waals surface area contributed by atoms with Crippen LogP contribution in [0.4, 0.5) is 22.0 Å². The molecular weight excluding hydrogens is 710 g/mol. The Balaban J connectivity index is 1.64. The number of rotatable bonds is 12. The number of pyridine rings is 1. The van der Waals surface area contributed by atoms with E-state index < -0.39 is 144 Å². The molecule has 1 fully saturated rings. The third-order valence-corrected chi connectivity index (χ3v) is 8.90. The fourth-order valence-electron chi connectivity index (χ4n) is 5.13. The maximum atomic E-state index is 15.5. The van der Waals surface area contributed by atoms with E-state index in [1.165, 1.54) is 31.2 Å². The van der Waals surface area contributed by atoms with Crippen LogP contribution in [0.1, 0.15) is 55.6 Å². The average molecular weight is 765 g/mol. The second kappa shape index (κ2) is 16.7. The molecule has 0 aliphatic carbocycles. The molecule has 6 nitrogen and oxygen atoms in total. The number of ether oxygens (including phenoxy) is 1. The van der Waals surface area contributed by atoms with E-state index in [0.29, 0.717) is 0 Å². The number of likely N-dealkylation sites (tertiary alicyclic amines) is 1. The van der Waals surface area contributed by atoms with Crippen molar-refractivity contribution in [3.05, 3.63) is 135 Å². The van der Waals surface area contributed by atoms with Crippen molar-refractivity contribution in [2.45, 2.75) is 55.7 Å². The van der Waals surface area contributed by atoms with Gasteiger partial charge in [0.1, 0.15) is 6.50 Å². The van der Waals surface area contributed by atoms with E-state index in [1.54, 1.807) is 0 Å². The minimum Gasteiger partial charge on any atom is -0.383 e. The van der Waals surface area contributed by atoms with Crippen molar-refractivity contribution in [1.82, 2.24) is 14.4 Å². The number of hydrogen-bond acceptors (Lipinski definition) is 5. The smallest absolute Gasteiger partial charge is 0.383 e. The summed E-state index contributed by atoms with van der Waals surface area (Å²) in [5, 5.41) is -1.78. The maximum Gasteiger partial charge on any atom is 0.416 e. The Morgan fingerprint density at radius 1 is 1.04 bits per heavy atom. The van der Waals surface area contributed by atoms with Crippen LogP contribution >= 0.6 is 11.8 Å². The first kappa shape index (κ1) is 23.3. The molecule has 4 aromatic carbocycles. The number of hydrogen-bond donors (Lipinski definition) is 0. The maximum absolute atomic E-state index is 15.5. The molecule has 12 heteroatoms. The quantitative estimate of drug-likeness (QED) is 0.0941. The van der Waals surface area contributed by atoms with Crippen LogP contribution < -0.4 is 5.43 Å². The molecule has 0 bridgehead atoms. The molecule has 0 atom stereocenters. The predicted molar refractivity (Wildman–Crippen MR) is 198 cm³/mol. The molecule has 5 aromatic rings. The van der Waals surface area contributed by atoms with Gasteiger partial charge in [0.15, 0.2) is 17.1 Å². The zero-order valence-electron chi connectivity index (χ0n) is 43.0. The van der Waals surface area contributed by atoms with Crippen LogP contribution in [0.3, 0.4) is 0 Å². The molecule has 0 saturated carbocycles. The molecule has 0 spiro atoms. The lowest BCUT2D eigenvalue weighted by Crippen LogP contribution is -2.48. The molecule has 0 radical (unpaired) electrons. The number of nitrogens with zero attached hydrogens (tertiary/aromatic N) is 3. The Labute approximate surface area is 330 Å². The van der Waals surface area contributed by atoms with Gasteiger partial charge in [0, 0.05) is 72.9 Å². The molecular formula is C41H40F5N3O3S. The molecule has 6 rings (SSSR count). The summed E-state index contributed by atoms with van der Waals surface area (Å²) in [7, 11) is 1.14. The molecule has 1 amide bonds. The SMILES string of the molecule is [2H]c1c(C)c([2H])c2c(=O)c([2H])c(SCc3cccc(F)c3F)n(C([2H])([2H])C(=O)N(Cc3ccc(-c4ccc(C(F)(F)F)cc4)cc3)C3([2H])C([2H])([2H])C([2H])([2H])N(CCOC)C([2H])([2H])C3([2H])[2H])c2c1[2H]. The molecule has 1 aliphatic heterocycles. The zero-order valence-corrected chi connectivity index (χ0v) is 28.9. The Kier molecular flexibility index (Phi) is 7.32.